The van der Waals surface area contributed by atoms with E-state index in [2.05, 4.69) is 10.3 Å². The van der Waals surface area contributed by atoms with Crippen LogP contribution in [0.3, 0.4) is 0 Å². The minimum absolute atomic E-state index is 0.0204. The minimum Gasteiger partial charge on any atom is -0.356 e. The highest BCUT2D eigenvalue weighted by atomic mass is 35.5. The van der Waals surface area contributed by atoms with Gasteiger partial charge < -0.3 is 20.1 Å². The highest BCUT2D eigenvalue weighted by molar-refractivity contribution is 6.30. The quantitative estimate of drug-likeness (QED) is 0.844. The Balaban J connectivity index is 1.70. The summed E-state index contributed by atoms with van der Waals surface area (Å²) in [4.78, 5) is 41.2. The lowest BCUT2D eigenvalue weighted by atomic mass is 10.2. The molecule has 7 nitrogen and oxygen atoms in total. The van der Waals surface area contributed by atoms with E-state index in [0.29, 0.717) is 36.9 Å². The van der Waals surface area contributed by atoms with Crippen molar-refractivity contribution in [2.75, 3.05) is 32.7 Å². The van der Waals surface area contributed by atoms with Crippen LogP contribution >= 0.6 is 11.6 Å². The normalized spacial score (nSPS) is 14.8. The van der Waals surface area contributed by atoms with E-state index in [4.69, 9.17) is 11.6 Å². The van der Waals surface area contributed by atoms with Crippen LogP contribution < -0.4 is 5.32 Å². The van der Waals surface area contributed by atoms with Crippen molar-refractivity contribution in [2.24, 2.45) is 0 Å². The number of rotatable bonds is 4. The number of aromatic nitrogens is 1. The lowest BCUT2D eigenvalue weighted by Gasteiger charge is -2.34. The van der Waals surface area contributed by atoms with Crippen molar-refractivity contribution >= 4 is 29.3 Å². The predicted molar refractivity (Wildman–Crippen MR) is 81.6 cm³/mol. The van der Waals surface area contributed by atoms with Crippen molar-refractivity contribution in [1.82, 2.24) is 20.1 Å². The van der Waals surface area contributed by atoms with Gasteiger partial charge in [-0.15, -0.1) is 0 Å². The minimum atomic E-state index is -0.291. The lowest BCUT2D eigenvalue weighted by Crippen LogP contribution is -2.50. The van der Waals surface area contributed by atoms with Gasteiger partial charge in [0.2, 0.25) is 11.8 Å². The Morgan fingerprint density at radius 1 is 1.23 bits per heavy atom. The number of aromatic amines is 1. The Hall–Kier alpha value is -2.02. The number of piperazine rings is 1. The van der Waals surface area contributed by atoms with Crippen molar-refractivity contribution in [1.29, 1.82) is 0 Å². The average Bonchev–Trinajstić information content (AvgIpc) is 2.93. The Kier molecular flexibility index (Phi) is 5.43. The van der Waals surface area contributed by atoms with Crippen molar-refractivity contribution in [3.63, 3.8) is 0 Å². The molecule has 0 saturated carbocycles. The molecule has 0 spiro atoms. The maximum atomic E-state index is 12.0. The molecule has 3 amide bonds. The standard InChI is InChI=1S/C14H19ClN4O3/c1-10(20)18-4-6-19(7-5-18)13(21)2-3-16-14(22)12-8-11(15)9-17-12/h8-9,17H,2-7H2,1H3,(H,16,22). The number of carbonyl (C=O) groups excluding carboxylic acids is 3. The van der Waals surface area contributed by atoms with Gasteiger partial charge in [0.25, 0.3) is 5.91 Å². The first-order valence-electron chi connectivity index (χ1n) is 7.13. The Morgan fingerprint density at radius 2 is 1.86 bits per heavy atom. The van der Waals surface area contributed by atoms with E-state index in [1.54, 1.807) is 9.80 Å². The molecule has 0 aromatic carbocycles. The fraction of sp³-hybridized carbons (Fsp3) is 0.500. The molecule has 2 N–H and O–H groups in total. The molecule has 1 fully saturated rings. The second kappa shape index (κ2) is 7.31. The van der Waals surface area contributed by atoms with Gasteiger partial charge in [0.05, 0.1) is 5.02 Å². The van der Waals surface area contributed by atoms with Crippen LogP contribution in [0.15, 0.2) is 12.3 Å². The van der Waals surface area contributed by atoms with Crippen molar-refractivity contribution in [2.45, 2.75) is 13.3 Å². The Morgan fingerprint density at radius 3 is 2.41 bits per heavy atom. The molecule has 1 saturated heterocycles. The molecule has 22 heavy (non-hydrogen) atoms. The summed E-state index contributed by atoms with van der Waals surface area (Å²) in [5.74, 6) is -0.280. The first-order chi connectivity index (χ1) is 10.5. The van der Waals surface area contributed by atoms with Crippen LogP contribution in [0.25, 0.3) is 0 Å². The van der Waals surface area contributed by atoms with Gasteiger partial charge in [0.15, 0.2) is 0 Å². The molecular formula is C14H19ClN4O3. The van der Waals surface area contributed by atoms with Gasteiger partial charge in [-0.05, 0) is 6.07 Å². The monoisotopic (exact) mass is 326 g/mol. The van der Waals surface area contributed by atoms with Crippen molar-refractivity contribution in [3.05, 3.63) is 23.0 Å². The third-order valence-corrected chi connectivity index (χ3v) is 3.81. The van der Waals surface area contributed by atoms with Gasteiger partial charge in [-0.2, -0.15) is 0 Å². The lowest BCUT2D eigenvalue weighted by molar-refractivity contribution is -0.138. The summed E-state index contributed by atoms with van der Waals surface area (Å²) < 4.78 is 0. The third kappa shape index (κ3) is 4.24. The van der Waals surface area contributed by atoms with E-state index in [1.165, 1.54) is 19.2 Å². The molecule has 8 heteroatoms. The van der Waals surface area contributed by atoms with E-state index in [1.807, 2.05) is 0 Å². The number of amides is 3. The second-order valence-corrected chi connectivity index (χ2v) is 5.56. The molecule has 1 aromatic rings. The summed E-state index contributed by atoms with van der Waals surface area (Å²) in [6, 6.07) is 1.53. The SMILES string of the molecule is CC(=O)N1CCN(C(=O)CCNC(=O)c2cc(Cl)c[nH]2)CC1. The fourth-order valence-corrected chi connectivity index (χ4v) is 2.47. The Labute approximate surface area is 133 Å². The van der Waals surface area contributed by atoms with Crippen LogP contribution in [0, 0.1) is 0 Å². The first-order valence-corrected chi connectivity index (χ1v) is 7.50. The van der Waals surface area contributed by atoms with Crippen LogP contribution in [0.2, 0.25) is 5.02 Å². The smallest absolute Gasteiger partial charge is 0.267 e. The second-order valence-electron chi connectivity index (χ2n) is 5.12. The number of halogens is 1. The summed E-state index contributed by atoms with van der Waals surface area (Å²) >= 11 is 5.72. The summed E-state index contributed by atoms with van der Waals surface area (Å²) in [7, 11) is 0. The zero-order chi connectivity index (χ0) is 16.1. The molecule has 2 rings (SSSR count). The summed E-state index contributed by atoms with van der Waals surface area (Å²) in [6.07, 6.45) is 1.76. The number of nitrogens with one attached hydrogen (secondary N) is 2. The van der Waals surface area contributed by atoms with Crippen LogP contribution in [0.1, 0.15) is 23.8 Å². The predicted octanol–water partition coefficient (Wildman–Crippen LogP) is 0.479. The molecule has 1 aliphatic rings. The van der Waals surface area contributed by atoms with E-state index in [9.17, 15) is 14.4 Å². The molecule has 0 bridgehead atoms. The summed E-state index contributed by atoms with van der Waals surface area (Å²) in [6.45, 7) is 4.00. The topological polar surface area (TPSA) is 85.5 Å². The molecule has 0 unspecified atom stereocenters. The van der Waals surface area contributed by atoms with Gasteiger partial charge in [0, 0.05) is 52.3 Å². The molecule has 0 radical (unpaired) electrons. The number of nitrogens with zero attached hydrogens (tertiary/aromatic N) is 2. The van der Waals surface area contributed by atoms with Crippen LogP contribution in [0.5, 0.6) is 0 Å². The summed E-state index contributed by atoms with van der Waals surface area (Å²) in [5.41, 5.74) is 0.368. The molecule has 120 valence electrons. The number of H-pyrrole nitrogens is 1. The van der Waals surface area contributed by atoms with E-state index in [0.717, 1.165) is 0 Å². The van der Waals surface area contributed by atoms with Crippen molar-refractivity contribution in [3.8, 4) is 0 Å². The number of carbonyl (C=O) groups is 3. The molecular weight excluding hydrogens is 308 g/mol. The van der Waals surface area contributed by atoms with Gasteiger partial charge in [-0.1, -0.05) is 11.6 Å². The summed E-state index contributed by atoms with van der Waals surface area (Å²) in [5, 5.41) is 3.13. The molecule has 1 aliphatic heterocycles. The van der Waals surface area contributed by atoms with Gasteiger partial charge in [-0.25, -0.2) is 0 Å². The maximum Gasteiger partial charge on any atom is 0.267 e. The first kappa shape index (κ1) is 16.4. The average molecular weight is 327 g/mol. The number of hydrogen-bond acceptors (Lipinski definition) is 3. The van der Waals surface area contributed by atoms with Crippen LogP contribution in [-0.2, 0) is 9.59 Å². The molecule has 1 aromatic heterocycles. The fourth-order valence-electron chi connectivity index (χ4n) is 2.31. The van der Waals surface area contributed by atoms with Crippen LogP contribution in [-0.4, -0.2) is 65.2 Å². The Bertz CT molecular complexity index is 564. The molecule has 2 heterocycles. The van der Waals surface area contributed by atoms with Gasteiger partial charge >= 0.3 is 0 Å². The zero-order valence-electron chi connectivity index (χ0n) is 12.4. The molecule has 0 aliphatic carbocycles. The molecule has 0 atom stereocenters. The van der Waals surface area contributed by atoms with Crippen molar-refractivity contribution < 1.29 is 14.4 Å². The zero-order valence-corrected chi connectivity index (χ0v) is 13.2. The highest BCUT2D eigenvalue weighted by Gasteiger charge is 2.22. The van der Waals surface area contributed by atoms with E-state index >= 15 is 0 Å². The maximum absolute atomic E-state index is 12.0. The van der Waals surface area contributed by atoms with E-state index in [-0.39, 0.29) is 30.7 Å². The highest BCUT2D eigenvalue weighted by Crippen LogP contribution is 2.09. The third-order valence-electron chi connectivity index (χ3n) is 3.59. The largest absolute Gasteiger partial charge is 0.356 e. The van der Waals surface area contributed by atoms with Gasteiger partial charge in [0.1, 0.15) is 5.69 Å². The van der Waals surface area contributed by atoms with Crippen LogP contribution in [0.4, 0.5) is 0 Å². The number of hydrogen-bond donors (Lipinski definition) is 2. The van der Waals surface area contributed by atoms with Gasteiger partial charge in [-0.3, -0.25) is 14.4 Å². The van der Waals surface area contributed by atoms with E-state index < -0.39 is 0 Å².